The molecule has 0 bridgehead atoms. The molecule has 2 aliphatic rings. The van der Waals surface area contributed by atoms with Gasteiger partial charge in [-0.25, -0.2) is 14.4 Å². The maximum Gasteiger partial charge on any atom is 0.234 e. The van der Waals surface area contributed by atoms with Crippen LogP contribution in [0.4, 0.5) is 10.2 Å². The molecule has 1 aliphatic heterocycles. The summed E-state index contributed by atoms with van der Waals surface area (Å²) in [5.74, 6) is -0.361. The standard InChI is InChI=1S/C27H28ClFN6O3/c1-27(2)14-38-13-23-34-25-20(29)9-16(10-21(25)35(23)27)18-11-22(31-12-19(18)28)33-26(37)15-4-3-5-17(8-15)32-24(36)6-7-30/h9-12,15,17H,3-6,8,13-14H2,1-2H3,(H,32,36)(H,31,33,37)/t15-,17+/m0/s1. The van der Waals surface area contributed by atoms with Crippen LogP contribution in [0.15, 0.2) is 24.4 Å². The average Bonchev–Trinajstić information content (AvgIpc) is 3.26. The first-order chi connectivity index (χ1) is 18.2. The molecule has 198 valence electrons. The molecule has 0 radical (unpaired) electrons. The zero-order chi connectivity index (χ0) is 27.0. The average molecular weight is 539 g/mol. The maximum absolute atomic E-state index is 15.2. The minimum absolute atomic E-state index is 0.153. The molecule has 1 fully saturated rings. The minimum atomic E-state index is -0.472. The monoisotopic (exact) mass is 538 g/mol. The number of carbonyl (C=O) groups is 2. The number of hydrogen-bond donors (Lipinski definition) is 2. The van der Waals surface area contributed by atoms with Gasteiger partial charge in [0.25, 0.3) is 0 Å². The topological polar surface area (TPSA) is 122 Å². The van der Waals surface area contributed by atoms with Gasteiger partial charge >= 0.3 is 0 Å². The van der Waals surface area contributed by atoms with E-state index in [4.69, 9.17) is 21.6 Å². The highest BCUT2D eigenvalue weighted by Gasteiger charge is 2.32. The summed E-state index contributed by atoms with van der Waals surface area (Å²) in [6.07, 6.45) is 3.95. The van der Waals surface area contributed by atoms with Crippen LogP contribution in [0.1, 0.15) is 51.8 Å². The highest BCUT2D eigenvalue weighted by atomic mass is 35.5. The third-order valence-electron chi connectivity index (χ3n) is 7.14. The fourth-order valence-electron chi connectivity index (χ4n) is 5.43. The normalized spacial score (nSPS) is 20.4. The van der Waals surface area contributed by atoms with Crippen LogP contribution in [-0.4, -0.2) is 39.0 Å². The maximum atomic E-state index is 15.2. The predicted molar refractivity (Wildman–Crippen MR) is 140 cm³/mol. The van der Waals surface area contributed by atoms with Crippen molar-refractivity contribution in [1.82, 2.24) is 19.9 Å². The molecule has 2 atom stereocenters. The summed E-state index contributed by atoms with van der Waals surface area (Å²) in [4.78, 5) is 33.6. The Hall–Kier alpha value is -3.55. The number of nitrogens with zero attached hydrogens (tertiary/aromatic N) is 4. The van der Waals surface area contributed by atoms with Crippen molar-refractivity contribution in [1.29, 1.82) is 5.26 Å². The largest absolute Gasteiger partial charge is 0.371 e. The van der Waals surface area contributed by atoms with E-state index in [2.05, 4.69) is 20.6 Å². The molecule has 0 spiro atoms. The Morgan fingerprint density at radius 2 is 2.13 bits per heavy atom. The van der Waals surface area contributed by atoms with Gasteiger partial charge in [-0.15, -0.1) is 0 Å². The van der Waals surface area contributed by atoms with E-state index >= 15 is 4.39 Å². The summed E-state index contributed by atoms with van der Waals surface area (Å²) in [5.41, 5.74) is 1.59. The molecule has 9 nitrogen and oxygen atoms in total. The van der Waals surface area contributed by atoms with Gasteiger partial charge in [0.15, 0.2) is 5.82 Å². The van der Waals surface area contributed by atoms with Crippen LogP contribution in [0.5, 0.6) is 0 Å². The fraction of sp³-hybridized carbons (Fsp3) is 0.444. The molecule has 1 aliphatic carbocycles. The molecule has 2 amide bonds. The molecule has 3 heterocycles. The summed E-state index contributed by atoms with van der Waals surface area (Å²) >= 11 is 6.48. The van der Waals surface area contributed by atoms with Gasteiger partial charge in [-0.2, -0.15) is 5.26 Å². The van der Waals surface area contributed by atoms with Crippen molar-refractivity contribution in [3.05, 3.63) is 41.1 Å². The zero-order valence-electron chi connectivity index (χ0n) is 21.2. The lowest BCUT2D eigenvalue weighted by atomic mass is 9.85. The molecule has 2 aromatic heterocycles. The number of halogens is 2. The van der Waals surface area contributed by atoms with Gasteiger partial charge in [0, 0.05) is 23.7 Å². The van der Waals surface area contributed by atoms with Crippen LogP contribution >= 0.6 is 11.6 Å². The highest BCUT2D eigenvalue weighted by molar-refractivity contribution is 6.33. The second-order valence-corrected chi connectivity index (χ2v) is 10.9. The number of nitrogens with one attached hydrogen (secondary N) is 2. The Labute approximate surface area is 224 Å². The Bertz CT molecular complexity index is 1460. The number of ether oxygens (including phenoxy) is 1. The second-order valence-electron chi connectivity index (χ2n) is 10.5. The number of carbonyl (C=O) groups excluding carboxylic acids is 2. The lowest BCUT2D eigenvalue weighted by molar-refractivity contribution is -0.124. The van der Waals surface area contributed by atoms with E-state index in [0.29, 0.717) is 59.4 Å². The van der Waals surface area contributed by atoms with E-state index in [9.17, 15) is 9.59 Å². The van der Waals surface area contributed by atoms with Crippen molar-refractivity contribution in [3.63, 3.8) is 0 Å². The van der Waals surface area contributed by atoms with Crippen molar-refractivity contribution in [3.8, 4) is 17.2 Å². The predicted octanol–water partition coefficient (Wildman–Crippen LogP) is 4.68. The lowest BCUT2D eigenvalue weighted by Gasteiger charge is -2.33. The molecule has 3 aromatic rings. The Morgan fingerprint density at radius 1 is 1.32 bits per heavy atom. The van der Waals surface area contributed by atoms with Crippen molar-refractivity contribution >= 4 is 40.3 Å². The minimum Gasteiger partial charge on any atom is -0.371 e. The number of nitriles is 1. The van der Waals surface area contributed by atoms with E-state index < -0.39 is 11.4 Å². The van der Waals surface area contributed by atoms with Crippen LogP contribution < -0.4 is 10.6 Å². The molecule has 38 heavy (non-hydrogen) atoms. The van der Waals surface area contributed by atoms with Gasteiger partial charge in [0.05, 0.1) is 28.8 Å². The van der Waals surface area contributed by atoms with Gasteiger partial charge in [0.2, 0.25) is 11.8 Å². The number of aromatic nitrogens is 3. The number of rotatable bonds is 5. The van der Waals surface area contributed by atoms with Crippen LogP contribution in [0.3, 0.4) is 0 Å². The molecule has 0 saturated heterocycles. The number of benzene rings is 1. The van der Waals surface area contributed by atoms with Crippen LogP contribution in [0.25, 0.3) is 22.2 Å². The van der Waals surface area contributed by atoms with Crippen LogP contribution in [0, 0.1) is 23.1 Å². The molecule has 2 N–H and O–H groups in total. The summed E-state index contributed by atoms with van der Waals surface area (Å²) in [6.45, 7) is 4.81. The van der Waals surface area contributed by atoms with E-state index in [0.717, 1.165) is 12.8 Å². The Kier molecular flexibility index (Phi) is 7.07. The fourth-order valence-corrected chi connectivity index (χ4v) is 5.65. The lowest BCUT2D eigenvalue weighted by Crippen LogP contribution is -2.40. The van der Waals surface area contributed by atoms with Crippen molar-refractivity contribution in [2.75, 3.05) is 11.9 Å². The number of anilines is 1. The summed E-state index contributed by atoms with van der Waals surface area (Å²) < 4.78 is 22.9. The highest BCUT2D eigenvalue weighted by Crippen LogP contribution is 2.36. The van der Waals surface area contributed by atoms with Gasteiger partial charge in [-0.1, -0.05) is 18.0 Å². The molecular formula is C27H28ClFN6O3. The molecule has 11 heteroatoms. The number of hydrogen-bond acceptors (Lipinski definition) is 6. The molecule has 5 rings (SSSR count). The summed E-state index contributed by atoms with van der Waals surface area (Å²) in [7, 11) is 0. The van der Waals surface area contributed by atoms with E-state index in [-0.39, 0.29) is 35.7 Å². The molecule has 1 aromatic carbocycles. The third-order valence-corrected chi connectivity index (χ3v) is 7.44. The number of amides is 2. The Morgan fingerprint density at radius 3 is 2.92 bits per heavy atom. The van der Waals surface area contributed by atoms with E-state index in [1.165, 1.54) is 12.3 Å². The summed E-state index contributed by atoms with van der Waals surface area (Å²) in [5, 5.41) is 14.7. The van der Waals surface area contributed by atoms with Crippen LogP contribution in [-0.2, 0) is 26.5 Å². The first-order valence-electron chi connectivity index (χ1n) is 12.6. The van der Waals surface area contributed by atoms with E-state index in [1.54, 1.807) is 6.07 Å². The molecular weight excluding hydrogens is 511 g/mol. The Balaban J connectivity index is 1.39. The molecule has 0 unspecified atom stereocenters. The first-order valence-corrected chi connectivity index (χ1v) is 13.0. The summed E-state index contributed by atoms with van der Waals surface area (Å²) in [6, 6.07) is 6.56. The van der Waals surface area contributed by atoms with Crippen molar-refractivity contribution in [2.45, 2.75) is 64.1 Å². The van der Waals surface area contributed by atoms with Crippen LogP contribution in [0.2, 0.25) is 5.02 Å². The quantitative estimate of drug-likeness (QED) is 0.486. The number of pyridine rings is 1. The van der Waals surface area contributed by atoms with Crippen molar-refractivity contribution in [2.24, 2.45) is 5.92 Å². The first kappa shape index (κ1) is 26.1. The van der Waals surface area contributed by atoms with Crippen molar-refractivity contribution < 1.29 is 18.7 Å². The molecule has 1 saturated carbocycles. The van der Waals surface area contributed by atoms with Gasteiger partial charge in [-0.3, -0.25) is 9.59 Å². The SMILES string of the molecule is CC1(C)COCc2nc3c(F)cc(-c4cc(NC(=O)[C@H]5CCC[C@@H](NC(=O)CC#N)C5)ncc4Cl)cc3n21. The zero-order valence-corrected chi connectivity index (χ0v) is 21.9. The van der Waals surface area contributed by atoms with E-state index in [1.807, 2.05) is 30.6 Å². The smallest absolute Gasteiger partial charge is 0.234 e. The van der Waals surface area contributed by atoms with Gasteiger partial charge in [0.1, 0.15) is 30.2 Å². The third kappa shape index (κ3) is 5.08. The van der Waals surface area contributed by atoms with Gasteiger partial charge < -0.3 is 19.9 Å². The number of imidazole rings is 1. The number of fused-ring (bicyclic) bond motifs is 3. The van der Waals surface area contributed by atoms with Gasteiger partial charge in [-0.05, 0) is 56.9 Å². The second kappa shape index (κ2) is 10.3.